The molecule has 0 saturated carbocycles. The van der Waals surface area contributed by atoms with Gasteiger partial charge in [-0.1, -0.05) is 36.8 Å². The number of aryl methyl sites for hydroxylation is 1. The molecule has 6 nitrogen and oxygen atoms in total. The summed E-state index contributed by atoms with van der Waals surface area (Å²) in [6.07, 6.45) is 4.02. The van der Waals surface area contributed by atoms with Gasteiger partial charge in [-0.2, -0.15) is 0 Å². The SMILES string of the molecule is O=C(C[C@H]1Cc2cccc(C(=O)O)c2OB1O)c1cccc(CCCCCO)c1. The molecule has 0 radical (unpaired) electrons. The third kappa shape index (κ3) is 5.25. The Hall–Kier alpha value is -2.64. The third-order valence-corrected chi connectivity index (χ3v) is 5.27. The van der Waals surface area contributed by atoms with Gasteiger partial charge in [-0.25, -0.2) is 4.79 Å². The number of fused-ring (bicyclic) bond motifs is 1. The lowest BCUT2D eigenvalue weighted by molar-refractivity contribution is 0.0693. The lowest BCUT2D eigenvalue weighted by Crippen LogP contribution is -2.35. The van der Waals surface area contributed by atoms with E-state index < -0.39 is 18.9 Å². The smallest absolute Gasteiger partial charge is 0.526 e. The van der Waals surface area contributed by atoms with E-state index in [0.29, 0.717) is 17.5 Å². The first-order valence-corrected chi connectivity index (χ1v) is 9.92. The van der Waals surface area contributed by atoms with Crippen LogP contribution in [-0.2, 0) is 12.8 Å². The van der Waals surface area contributed by atoms with Gasteiger partial charge in [0.15, 0.2) is 5.78 Å². The topological polar surface area (TPSA) is 104 Å². The molecule has 3 N–H and O–H groups in total. The molecular weight excluding hydrogens is 371 g/mol. The second kappa shape index (κ2) is 9.72. The van der Waals surface area contributed by atoms with Crippen LogP contribution in [0.25, 0.3) is 0 Å². The van der Waals surface area contributed by atoms with Gasteiger partial charge < -0.3 is 19.9 Å². The van der Waals surface area contributed by atoms with Crippen LogP contribution in [0, 0.1) is 0 Å². The summed E-state index contributed by atoms with van der Waals surface area (Å²) in [5.74, 6) is -1.44. The van der Waals surface area contributed by atoms with Crippen LogP contribution in [0.4, 0.5) is 0 Å². The van der Waals surface area contributed by atoms with Crippen molar-refractivity contribution in [2.75, 3.05) is 6.61 Å². The fourth-order valence-corrected chi connectivity index (χ4v) is 3.70. The molecule has 0 unspecified atom stereocenters. The van der Waals surface area contributed by atoms with Crippen molar-refractivity contribution in [2.24, 2.45) is 0 Å². The van der Waals surface area contributed by atoms with Gasteiger partial charge in [0.2, 0.25) is 0 Å². The number of aliphatic hydroxyl groups excluding tert-OH is 1. The Morgan fingerprint density at radius 3 is 2.66 bits per heavy atom. The van der Waals surface area contributed by atoms with E-state index in [1.165, 1.54) is 6.07 Å². The number of para-hydroxylation sites is 1. The Labute approximate surface area is 170 Å². The molecule has 2 aromatic rings. The second-order valence-corrected chi connectivity index (χ2v) is 7.43. The number of aliphatic hydroxyl groups is 1. The summed E-state index contributed by atoms with van der Waals surface area (Å²) < 4.78 is 5.48. The monoisotopic (exact) mass is 396 g/mol. The molecule has 1 atom stereocenters. The molecule has 29 heavy (non-hydrogen) atoms. The summed E-state index contributed by atoms with van der Waals surface area (Å²) >= 11 is 0. The molecule has 1 heterocycles. The quantitative estimate of drug-likeness (QED) is 0.342. The van der Waals surface area contributed by atoms with E-state index in [1.807, 2.05) is 18.2 Å². The van der Waals surface area contributed by atoms with Crippen molar-refractivity contribution in [1.82, 2.24) is 0 Å². The molecule has 0 fully saturated rings. The predicted molar refractivity (Wildman–Crippen MR) is 109 cm³/mol. The van der Waals surface area contributed by atoms with Crippen LogP contribution in [0.2, 0.25) is 5.82 Å². The number of carbonyl (C=O) groups is 2. The number of hydrogen-bond acceptors (Lipinski definition) is 5. The number of rotatable bonds is 9. The van der Waals surface area contributed by atoms with E-state index >= 15 is 0 Å². The van der Waals surface area contributed by atoms with Crippen LogP contribution in [0.3, 0.4) is 0 Å². The van der Waals surface area contributed by atoms with Crippen LogP contribution < -0.4 is 4.65 Å². The van der Waals surface area contributed by atoms with Crippen LogP contribution >= 0.6 is 0 Å². The van der Waals surface area contributed by atoms with E-state index in [9.17, 15) is 19.7 Å². The average molecular weight is 396 g/mol. The summed E-state index contributed by atoms with van der Waals surface area (Å²) in [5.41, 5.74) is 2.37. The average Bonchev–Trinajstić information content (AvgIpc) is 2.71. The minimum absolute atomic E-state index is 0.0141. The maximum absolute atomic E-state index is 12.8. The number of benzene rings is 2. The third-order valence-electron chi connectivity index (χ3n) is 5.27. The van der Waals surface area contributed by atoms with Gasteiger partial charge in [0, 0.05) is 24.4 Å². The molecule has 1 aliphatic heterocycles. The first-order valence-electron chi connectivity index (χ1n) is 9.92. The van der Waals surface area contributed by atoms with Crippen LogP contribution in [0.1, 0.15) is 57.5 Å². The highest BCUT2D eigenvalue weighted by molar-refractivity contribution is 6.47. The van der Waals surface area contributed by atoms with Crippen molar-refractivity contribution in [3.8, 4) is 5.75 Å². The number of ketones is 1. The van der Waals surface area contributed by atoms with Crippen molar-refractivity contribution in [3.05, 3.63) is 64.7 Å². The Kier molecular flexibility index (Phi) is 7.06. The van der Waals surface area contributed by atoms with Gasteiger partial charge in [-0.15, -0.1) is 0 Å². The van der Waals surface area contributed by atoms with E-state index in [0.717, 1.165) is 31.2 Å². The number of carboxylic acid groups (broad SMARTS) is 1. The molecule has 0 aromatic heterocycles. The van der Waals surface area contributed by atoms with Crippen molar-refractivity contribution < 1.29 is 29.5 Å². The van der Waals surface area contributed by atoms with E-state index in [-0.39, 0.29) is 30.1 Å². The summed E-state index contributed by atoms with van der Waals surface area (Å²) in [5, 5.41) is 28.5. The maximum Gasteiger partial charge on any atom is 0.526 e. The normalized spacial score (nSPS) is 15.5. The highest BCUT2D eigenvalue weighted by Crippen LogP contribution is 2.36. The summed E-state index contributed by atoms with van der Waals surface area (Å²) in [6.45, 7) is 0.196. The molecule has 3 rings (SSSR count). The molecule has 0 bridgehead atoms. The zero-order chi connectivity index (χ0) is 20.8. The van der Waals surface area contributed by atoms with Gasteiger partial charge in [0.05, 0.1) is 5.56 Å². The molecule has 152 valence electrons. The van der Waals surface area contributed by atoms with Crippen molar-refractivity contribution in [2.45, 2.75) is 44.3 Å². The molecule has 0 aliphatic carbocycles. The number of carbonyl (C=O) groups excluding carboxylic acids is 1. The van der Waals surface area contributed by atoms with E-state index in [2.05, 4.69) is 0 Å². The number of aromatic carboxylic acids is 1. The summed E-state index contributed by atoms with van der Waals surface area (Å²) in [7, 11) is -1.23. The minimum Gasteiger partial charge on any atom is -0.535 e. The van der Waals surface area contributed by atoms with Crippen LogP contribution in [-0.4, -0.2) is 40.7 Å². The highest BCUT2D eigenvalue weighted by Gasteiger charge is 2.37. The van der Waals surface area contributed by atoms with E-state index in [1.54, 1.807) is 18.2 Å². The number of unbranched alkanes of at least 4 members (excludes halogenated alkanes) is 2. The first kappa shape index (κ1) is 21.1. The summed E-state index contributed by atoms with van der Waals surface area (Å²) in [4.78, 5) is 24.1. The van der Waals surface area contributed by atoms with Crippen molar-refractivity contribution in [3.63, 3.8) is 0 Å². The Bertz CT molecular complexity index is 881. The molecule has 0 amide bonds. The molecule has 1 aliphatic rings. The predicted octanol–water partition coefficient (Wildman–Crippen LogP) is 3.15. The zero-order valence-corrected chi connectivity index (χ0v) is 16.2. The standard InChI is InChI=1S/C22H25BO6/c24-11-3-1-2-6-15-7-4-8-16(12-15)20(25)14-18-13-17-9-5-10-19(22(26)27)21(17)29-23(18)28/h4-5,7-10,12,18,24,28H,1-3,6,11,13-14H2,(H,26,27)/t18-/m1/s1. The lowest BCUT2D eigenvalue weighted by atomic mass is 9.64. The molecule has 7 heteroatoms. The largest absolute Gasteiger partial charge is 0.535 e. The summed E-state index contributed by atoms with van der Waals surface area (Å²) in [6, 6.07) is 12.3. The Balaban J connectivity index is 1.67. The fraction of sp³-hybridized carbons (Fsp3) is 0.364. The zero-order valence-electron chi connectivity index (χ0n) is 16.2. The fourth-order valence-electron chi connectivity index (χ4n) is 3.70. The maximum atomic E-state index is 12.8. The number of carboxylic acids is 1. The van der Waals surface area contributed by atoms with Gasteiger partial charge >= 0.3 is 13.1 Å². The Morgan fingerprint density at radius 2 is 1.90 bits per heavy atom. The first-order chi connectivity index (χ1) is 14.0. The molecule has 0 spiro atoms. The highest BCUT2D eigenvalue weighted by atomic mass is 16.5. The van der Waals surface area contributed by atoms with Crippen LogP contribution in [0.15, 0.2) is 42.5 Å². The second-order valence-electron chi connectivity index (χ2n) is 7.43. The van der Waals surface area contributed by atoms with Gasteiger partial charge in [0.1, 0.15) is 5.75 Å². The Morgan fingerprint density at radius 1 is 1.10 bits per heavy atom. The van der Waals surface area contributed by atoms with Gasteiger partial charge in [-0.05, 0) is 48.9 Å². The molecular formula is C22H25BO6. The van der Waals surface area contributed by atoms with Crippen LogP contribution in [0.5, 0.6) is 5.75 Å². The van der Waals surface area contributed by atoms with E-state index in [4.69, 9.17) is 9.76 Å². The van der Waals surface area contributed by atoms with Crippen molar-refractivity contribution >= 4 is 18.9 Å². The van der Waals surface area contributed by atoms with Gasteiger partial charge in [0.25, 0.3) is 0 Å². The molecule has 0 saturated heterocycles. The number of Topliss-reactive ketones (excluding diaryl/α,β-unsaturated/α-hetero) is 1. The van der Waals surface area contributed by atoms with Gasteiger partial charge in [-0.3, -0.25) is 4.79 Å². The minimum atomic E-state index is -1.23. The number of hydrogen-bond donors (Lipinski definition) is 3. The van der Waals surface area contributed by atoms with Crippen molar-refractivity contribution in [1.29, 1.82) is 0 Å². The molecule has 2 aromatic carbocycles. The lowest BCUT2D eigenvalue weighted by Gasteiger charge is -2.28.